The third-order valence-corrected chi connectivity index (χ3v) is 3.43. The first-order valence-corrected chi connectivity index (χ1v) is 6.92. The summed E-state index contributed by atoms with van der Waals surface area (Å²) in [5.41, 5.74) is 3.68. The molecule has 0 spiro atoms. The Labute approximate surface area is 119 Å². The molecule has 1 aromatic carbocycles. The summed E-state index contributed by atoms with van der Waals surface area (Å²) in [5, 5.41) is 3.46. The monoisotopic (exact) mass is 271 g/mol. The van der Waals surface area contributed by atoms with Crippen molar-refractivity contribution in [3.05, 3.63) is 63.8 Å². The SMILES string of the molecule is CCNC(Cn1cnccc1=O)c1cc(C)ccc1C. The lowest BCUT2D eigenvalue weighted by atomic mass is 9.98. The van der Waals surface area contributed by atoms with E-state index in [0.717, 1.165) is 6.54 Å². The number of nitrogens with one attached hydrogen (secondary N) is 1. The van der Waals surface area contributed by atoms with Gasteiger partial charge in [-0.25, -0.2) is 4.98 Å². The van der Waals surface area contributed by atoms with Gasteiger partial charge in [-0.3, -0.25) is 9.36 Å². The summed E-state index contributed by atoms with van der Waals surface area (Å²) in [4.78, 5) is 15.9. The Bertz CT molecular complexity index is 634. The molecule has 1 atom stereocenters. The number of benzene rings is 1. The van der Waals surface area contributed by atoms with E-state index in [1.807, 2.05) is 0 Å². The summed E-state index contributed by atoms with van der Waals surface area (Å²) in [7, 11) is 0. The zero-order valence-corrected chi connectivity index (χ0v) is 12.3. The molecule has 2 rings (SSSR count). The number of aromatic nitrogens is 2. The van der Waals surface area contributed by atoms with E-state index in [0.29, 0.717) is 6.54 Å². The molecule has 2 aromatic rings. The molecule has 0 bridgehead atoms. The second kappa shape index (κ2) is 6.48. The van der Waals surface area contributed by atoms with Crippen molar-refractivity contribution in [2.75, 3.05) is 6.54 Å². The fourth-order valence-corrected chi connectivity index (χ4v) is 2.37. The Morgan fingerprint density at radius 2 is 2.10 bits per heavy atom. The lowest BCUT2D eigenvalue weighted by Gasteiger charge is -2.21. The third-order valence-electron chi connectivity index (χ3n) is 3.43. The fraction of sp³-hybridized carbons (Fsp3) is 0.375. The smallest absolute Gasteiger partial charge is 0.253 e. The number of hydrogen-bond acceptors (Lipinski definition) is 3. The second-order valence-electron chi connectivity index (χ2n) is 5.04. The van der Waals surface area contributed by atoms with Gasteiger partial charge in [-0.1, -0.05) is 30.7 Å². The van der Waals surface area contributed by atoms with Gasteiger partial charge < -0.3 is 5.32 Å². The van der Waals surface area contributed by atoms with Crippen LogP contribution in [-0.4, -0.2) is 16.1 Å². The lowest BCUT2D eigenvalue weighted by Crippen LogP contribution is -2.30. The minimum Gasteiger partial charge on any atom is -0.309 e. The Kier molecular flexibility index (Phi) is 4.69. The van der Waals surface area contributed by atoms with Gasteiger partial charge in [0.2, 0.25) is 0 Å². The first kappa shape index (κ1) is 14.5. The first-order chi connectivity index (χ1) is 9.61. The Morgan fingerprint density at radius 1 is 1.30 bits per heavy atom. The number of aryl methyl sites for hydroxylation is 2. The summed E-state index contributed by atoms with van der Waals surface area (Å²) in [6, 6.07) is 8.02. The van der Waals surface area contributed by atoms with Gasteiger partial charge in [0.1, 0.15) is 0 Å². The van der Waals surface area contributed by atoms with Crippen LogP contribution in [0.3, 0.4) is 0 Å². The summed E-state index contributed by atoms with van der Waals surface area (Å²) in [6.07, 6.45) is 3.12. The molecule has 4 nitrogen and oxygen atoms in total. The lowest BCUT2D eigenvalue weighted by molar-refractivity contribution is 0.461. The molecular formula is C16H21N3O. The summed E-state index contributed by atoms with van der Waals surface area (Å²) in [5.74, 6) is 0. The van der Waals surface area contributed by atoms with Crippen LogP contribution in [0.1, 0.15) is 29.7 Å². The Hall–Kier alpha value is -1.94. The molecule has 0 saturated heterocycles. The van der Waals surface area contributed by atoms with Crippen molar-refractivity contribution in [1.29, 1.82) is 0 Å². The van der Waals surface area contributed by atoms with E-state index in [4.69, 9.17) is 0 Å². The fourth-order valence-electron chi connectivity index (χ4n) is 2.37. The van der Waals surface area contributed by atoms with E-state index in [-0.39, 0.29) is 11.6 Å². The van der Waals surface area contributed by atoms with Crippen LogP contribution in [-0.2, 0) is 6.54 Å². The quantitative estimate of drug-likeness (QED) is 0.907. The van der Waals surface area contributed by atoms with E-state index < -0.39 is 0 Å². The van der Waals surface area contributed by atoms with E-state index in [9.17, 15) is 4.79 Å². The van der Waals surface area contributed by atoms with Crippen molar-refractivity contribution >= 4 is 0 Å². The summed E-state index contributed by atoms with van der Waals surface area (Å²) in [6.45, 7) is 7.70. The predicted octanol–water partition coefficient (Wildman–Crippen LogP) is 2.21. The van der Waals surface area contributed by atoms with E-state index >= 15 is 0 Å². The van der Waals surface area contributed by atoms with Gasteiger partial charge in [0.15, 0.2) is 0 Å². The van der Waals surface area contributed by atoms with Gasteiger partial charge in [-0.05, 0) is 31.5 Å². The highest BCUT2D eigenvalue weighted by Gasteiger charge is 2.14. The molecule has 0 fully saturated rings. The molecule has 0 radical (unpaired) electrons. The van der Waals surface area contributed by atoms with Crippen LogP contribution in [0.2, 0.25) is 0 Å². The third kappa shape index (κ3) is 3.33. The standard InChI is InChI=1S/C16H21N3O/c1-4-18-15(10-19-11-17-8-7-16(19)20)14-9-12(2)5-6-13(14)3/h5-9,11,15,18H,4,10H2,1-3H3. The molecule has 20 heavy (non-hydrogen) atoms. The van der Waals surface area contributed by atoms with Gasteiger partial charge in [-0.15, -0.1) is 0 Å². The number of nitrogens with zero attached hydrogens (tertiary/aromatic N) is 2. The minimum absolute atomic E-state index is 0.0202. The number of rotatable bonds is 5. The van der Waals surface area contributed by atoms with Gasteiger partial charge in [0.05, 0.1) is 12.4 Å². The average molecular weight is 271 g/mol. The Morgan fingerprint density at radius 3 is 2.80 bits per heavy atom. The molecular weight excluding hydrogens is 250 g/mol. The molecule has 106 valence electrons. The van der Waals surface area contributed by atoms with Crippen molar-refractivity contribution in [2.24, 2.45) is 0 Å². The topological polar surface area (TPSA) is 46.9 Å². The van der Waals surface area contributed by atoms with Gasteiger partial charge >= 0.3 is 0 Å². The van der Waals surface area contributed by atoms with Crippen molar-refractivity contribution in [3.63, 3.8) is 0 Å². The average Bonchev–Trinajstić information content (AvgIpc) is 2.43. The van der Waals surface area contributed by atoms with Crippen LogP contribution < -0.4 is 10.9 Å². The predicted molar refractivity (Wildman–Crippen MR) is 80.8 cm³/mol. The zero-order valence-electron chi connectivity index (χ0n) is 12.3. The molecule has 0 aliphatic rings. The van der Waals surface area contributed by atoms with Crippen LogP contribution in [0, 0.1) is 13.8 Å². The molecule has 0 aliphatic carbocycles. The molecule has 1 heterocycles. The zero-order chi connectivity index (χ0) is 14.5. The van der Waals surface area contributed by atoms with Crippen molar-refractivity contribution < 1.29 is 0 Å². The first-order valence-electron chi connectivity index (χ1n) is 6.92. The van der Waals surface area contributed by atoms with E-state index in [1.165, 1.54) is 29.0 Å². The van der Waals surface area contributed by atoms with E-state index in [1.54, 1.807) is 10.9 Å². The maximum atomic E-state index is 11.8. The van der Waals surface area contributed by atoms with Crippen LogP contribution in [0.4, 0.5) is 0 Å². The molecule has 1 N–H and O–H groups in total. The van der Waals surface area contributed by atoms with Crippen molar-refractivity contribution in [2.45, 2.75) is 33.4 Å². The Balaban J connectivity index is 2.34. The van der Waals surface area contributed by atoms with Crippen molar-refractivity contribution in [1.82, 2.24) is 14.9 Å². The highest BCUT2D eigenvalue weighted by Crippen LogP contribution is 2.20. The highest BCUT2D eigenvalue weighted by atomic mass is 16.1. The number of hydrogen-bond donors (Lipinski definition) is 1. The maximum absolute atomic E-state index is 11.8. The van der Waals surface area contributed by atoms with Crippen LogP contribution in [0.5, 0.6) is 0 Å². The van der Waals surface area contributed by atoms with Crippen LogP contribution >= 0.6 is 0 Å². The summed E-state index contributed by atoms with van der Waals surface area (Å²) < 4.78 is 1.65. The largest absolute Gasteiger partial charge is 0.309 e. The molecule has 1 aromatic heterocycles. The highest BCUT2D eigenvalue weighted by molar-refractivity contribution is 5.33. The minimum atomic E-state index is -0.0202. The molecule has 0 amide bonds. The molecule has 0 saturated carbocycles. The molecule has 4 heteroatoms. The second-order valence-corrected chi connectivity index (χ2v) is 5.04. The maximum Gasteiger partial charge on any atom is 0.253 e. The van der Waals surface area contributed by atoms with E-state index in [2.05, 4.69) is 49.3 Å². The van der Waals surface area contributed by atoms with Crippen LogP contribution in [0.25, 0.3) is 0 Å². The number of likely N-dealkylation sites (N-methyl/N-ethyl adjacent to an activating group) is 1. The van der Waals surface area contributed by atoms with Gasteiger partial charge in [0.25, 0.3) is 5.56 Å². The van der Waals surface area contributed by atoms with Gasteiger partial charge in [-0.2, -0.15) is 0 Å². The van der Waals surface area contributed by atoms with Crippen LogP contribution in [0.15, 0.2) is 41.6 Å². The normalized spacial score (nSPS) is 12.3. The molecule has 0 aliphatic heterocycles. The molecule has 1 unspecified atom stereocenters. The van der Waals surface area contributed by atoms with Crippen molar-refractivity contribution in [3.8, 4) is 0 Å². The summed E-state index contributed by atoms with van der Waals surface area (Å²) >= 11 is 0. The van der Waals surface area contributed by atoms with Gasteiger partial charge in [0, 0.05) is 18.8 Å².